The van der Waals surface area contributed by atoms with E-state index >= 15 is 0 Å². The van der Waals surface area contributed by atoms with Crippen molar-refractivity contribution in [3.05, 3.63) is 35.4 Å². The summed E-state index contributed by atoms with van der Waals surface area (Å²) in [4.78, 5) is 4.79. The van der Waals surface area contributed by atoms with E-state index in [1.54, 1.807) is 20.3 Å². The maximum atomic E-state index is 6.20. The summed E-state index contributed by atoms with van der Waals surface area (Å²) in [6.07, 6.45) is 1.67. The Bertz CT molecular complexity index is 845. The predicted octanol–water partition coefficient (Wildman–Crippen LogP) is 3.08. The first kappa shape index (κ1) is 14.7. The number of methoxy groups -OCH3 is 2. The van der Waals surface area contributed by atoms with Gasteiger partial charge in [-0.05, 0) is 30.5 Å². The molecule has 2 aliphatic heterocycles. The van der Waals surface area contributed by atoms with Gasteiger partial charge in [0.05, 0.1) is 25.6 Å². The van der Waals surface area contributed by atoms with Gasteiger partial charge in [-0.15, -0.1) is 0 Å². The van der Waals surface area contributed by atoms with Gasteiger partial charge in [0.25, 0.3) is 0 Å². The second kappa shape index (κ2) is 5.63. The minimum absolute atomic E-state index is 0.261. The molecule has 0 spiro atoms. The third kappa shape index (κ3) is 2.31. The van der Waals surface area contributed by atoms with Gasteiger partial charge in [0, 0.05) is 23.4 Å². The van der Waals surface area contributed by atoms with Crippen LogP contribution in [0.1, 0.15) is 17.5 Å². The van der Waals surface area contributed by atoms with Crippen LogP contribution in [0, 0.1) is 0 Å². The third-order valence-corrected chi connectivity index (χ3v) is 4.33. The largest absolute Gasteiger partial charge is 0.493 e. The second-order valence-electron chi connectivity index (χ2n) is 5.69. The molecule has 0 amide bonds. The van der Waals surface area contributed by atoms with Crippen LogP contribution in [-0.2, 0) is 6.42 Å². The van der Waals surface area contributed by atoms with E-state index in [0.717, 1.165) is 46.9 Å². The number of hydrogen-bond acceptors (Lipinski definition) is 6. The SMILES string of the molecule is COc1cc(N)c(C2=Nc3cc4c(cc3CC2)OCO4)cc1OC. The standard InChI is InChI=1S/C18H18N2O4/c1-21-15-6-11(12(19)7-16(15)22-2)13-4-3-10-5-17-18(24-9-23-17)8-14(10)20-13/h5-8H,3-4,9,19H2,1-2H3. The highest BCUT2D eigenvalue weighted by Crippen LogP contribution is 2.41. The quantitative estimate of drug-likeness (QED) is 0.877. The molecule has 0 fully saturated rings. The van der Waals surface area contributed by atoms with E-state index in [4.69, 9.17) is 29.7 Å². The van der Waals surface area contributed by atoms with Gasteiger partial charge in [-0.25, -0.2) is 0 Å². The molecule has 2 aromatic carbocycles. The topological polar surface area (TPSA) is 75.3 Å². The predicted molar refractivity (Wildman–Crippen MR) is 91.0 cm³/mol. The fraction of sp³-hybridized carbons (Fsp3) is 0.278. The Morgan fingerprint density at radius 2 is 1.67 bits per heavy atom. The number of benzene rings is 2. The summed E-state index contributed by atoms with van der Waals surface area (Å²) in [7, 11) is 3.20. The van der Waals surface area contributed by atoms with Gasteiger partial charge in [0.2, 0.25) is 6.79 Å². The summed E-state index contributed by atoms with van der Waals surface area (Å²) in [5.41, 5.74) is 10.7. The molecule has 0 radical (unpaired) electrons. The minimum Gasteiger partial charge on any atom is -0.493 e. The molecule has 2 heterocycles. The molecular weight excluding hydrogens is 308 g/mol. The van der Waals surface area contributed by atoms with E-state index in [1.807, 2.05) is 18.2 Å². The van der Waals surface area contributed by atoms with E-state index in [-0.39, 0.29) is 6.79 Å². The molecule has 2 aromatic rings. The summed E-state index contributed by atoms with van der Waals surface area (Å²) in [6.45, 7) is 0.261. The lowest BCUT2D eigenvalue weighted by Gasteiger charge is -2.19. The first-order valence-corrected chi connectivity index (χ1v) is 7.71. The van der Waals surface area contributed by atoms with Gasteiger partial charge in [-0.3, -0.25) is 4.99 Å². The number of rotatable bonds is 3. The van der Waals surface area contributed by atoms with E-state index in [9.17, 15) is 0 Å². The van der Waals surface area contributed by atoms with E-state index in [1.165, 1.54) is 0 Å². The molecule has 4 rings (SSSR count). The number of nitrogens with two attached hydrogens (primary N) is 1. The van der Waals surface area contributed by atoms with Crippen LogP contribution in [0.3, 0.4) is 0 Å². The molecule has 0 saturated carbocycles. The Kier molecular flexibility index (Phi) is 3.45. The highest BCUT2D eigenvalue weighted by Gasteiger charge is 2.22. The summed E-state index contributed by atoms with van der Waals surface area (Å²) in [5, 5.41) is 0. The molecule has 6 heteroatoms. The van der Waals surface area contributed by atoms with E-state index in [2.05, 4.69) is 0 Å². The van der Waals surface area contributed by atoms with Crippen LogP contribution in [0.5, 0.6) is 23.0 Å². The van der Waals surface area contributed by atoms with E-state index < -0.39 is 0 Å². The van der Waals surface area contributed by atoms with Gasteiger partial charge >= 0.3 is 0 Å². The number of nitrogens with zero attached hydrogens (tertiary/aromatic N) is 1. The van der Waals surface area contributed by atoms with Crippen LogP contribution >= 0.6 is 0 Å². The smallest absolute Gasteiger partial charge is 0.231 e. The monoisotopic (exact) mass is 326 g/mol. The average molecular weight is 326 g/mol. The van der Waals surface area contributed by atoms with Crippen LogP contribution < -0.4 is 24.7 Å². The first-order chi connectivity index (χ1) is 11.7. The van der Waals surface area contributed by atoms with Gasteiger partial charge < -0.3 is 24.7 Å². The number of hydrogen-bond donors (Lipinski definition) is 1. The third-order valence-electron chi connectivity index (χ3n) is 4.33. The van der Waals surface area contributed by atoms with Crippen molar-refractivity contribution in [1.29, 1.82) is 0 Å². The molecule has 2 aliphatic rings. The van der Waals surface area contributed by atoms with Crippen LogP contribution in [0.25, 0.3) is 0 Å². The number of aryl methyl sites for hydroxylation is 1. The Labute approximate surface area is 139 Å². The minimum atomic E-state index is 0.261. The average Bonchev–Trinajstić information content (AvgIpc) is 3.06. The van der Waals surface area contributed by atoms with Crippen molar-refractivity contribution in [2.45, 2.75) is 12.8 Å². The second-order valence-corrected chi connectivity index (χ2v) is 5.69. The van der Waals surface area contributed by atoms with Gasteiger partial charge in [-0.1, -0.05) is 0 Å². The Hall–Kier alpha value is -2.89. The number of ether oxygens (including phenoxy) is 4. The molecule has 24 heavy (non-hydrogen) atoms. The first-order valence-electron chi connectivity index (χ1n) is 7.71. The lowest BCUT2D eigenvalue weighted by atomic mass is 9.95. The zero-order valence-corrected chi connectivity index (χ0v) is 13.6. The molecule has 0 unspecified atom stereocenters. The van der Waals surface area contributed by atoms with Crippen molar-refractivity contribution in [3.8, 4) is 23.0 Å². The van der Waals surface area contributed by atoms with Crippen molar-refractivity contribution >= 4 is 17.1 Å². The number of aliphatic imine (C=N–C) groups is 1. The molecule has 0 aromatic heterocycles. The zero-order chi connectivity index (χ0) is 16.7. The van der Waals surface area contributed by atoms with Gasteiger partial charge in [0.1, 0.15) is 0 Å². The molecule has 6 nitrogen and oxygen atoms in total. The van der Waals surface area contributed by atoms with Crippen LogP contribution in [0.4, 0.5) is 11.4 Å². The normalized spacial score (nSPS) is 14.8. The highest BCUT2D eigenvalue weighted by molar-refractivity contribution is 6.07. The fourth-order valence-corrected chi connectivity index (χ4v) is 3.07. The van der Waals surface area contributed by atoms with Crippen molar-refractivity contribution in [2.24, 2.45) is 4.99 Å². The van der Waals surface area contributed by atoms with Crippen molar-refractivity contribution in [3.63, 3.8) is 0 Å². The maximum Gasteiger partial charge on any atom is 0.231 e. The van der Waals surface area contributed by atoms with Crippen LogP contribution in [-0.4, -0.2) is 26.7 Å². The fourth-order valence-electron chi connectivity index (χ4n) is 3.07. The summed E-state index contributed by atoms with van der Waals surface area (Å²) >= 11 is 0. The molecular formula is C18H18N2O4. The van der Waals surface area contributed by atoms with Crippen LogP contribution in [0.2, 0.25) is 0 Å². The van der Waals surface area contributed by atoms with Crippen molar-refractivity contribution in [2.75, 3.05) is 26.7 Å². The van der Waals surface area contributed by atoms with Crippen molar-refractivity contribution in [1.82, 2.24) is 0 Å². The molecule has 0 atom stereocenters. The van der Waals surface area contributed by atoms with E-state index in [0.29, 0.717) is 17.2 Å². The Balaban J connectivity index is 1.78. The molecule has 0 saturated heterocycles. The number of nitrogen functional groups attached to an aromatic ring is 1. The zero-order valence-electron chi connectivity index (χ0n) is 13.6. The number of anilines is 1. The lowest BCUT2D eigenvalue weighted by molar-refractivity contribution is 0.174. The molecule has 2 N–H and O–H groups in total. The Morgan fingerprint density at radius 3 is 2.42 bits per heavy atom. The summed E-state index contributed by atoms with van der Waals surface area (Å²) < 4.78 is 21.5. The molecule has 124 valence electrons. The highest BCUT2D eigenvalue weighted by atomic mass is 16.7. The van der Waals surface area contributed by atoms with Crippen molar-refractivity contribution < 1.29 is 18.9 Å². The lowest BCUT2D eigenvalue weighted by Crippen LogP contribution is -2.11. The summed E-state index contributed by atoms with van der Waals surface area (Å²) in [6, 6.07) is 7.58. The molecule has 0 aliphatic carbocycles. The van der Waals surface area contributed by atoms with Gasteiger partial charge in [0.15, 0.2) is 23.0 Å². The van der Waals surface area contributed by atoms with Crippen LogP contribution in [0.15, 0.2) is 29.3 Å². The Morgan fingerprint density at radius 1 is 0.958 bits per heavy atom. The maximum absolute atomic E-state index is 6.20. The van der Waals surface area contributed by atoms with Gasteiger partial charge in [-0.2, -0.15) is 0 Å². The summed E-state index contributed by atoms with van der Waals surface area (Å²) in [5.74, 6) is 2.77. The molecule has 0 bridgehead atoms. The number of fused-ring (bicyclic) bond motifs is 2.